The SMILES string of the molecule is CCN(CC1CCCCO1)C(=O)c1ccc(C(C)C)n(C)c1=O. The molecule has 1 unspecified atom stereocenters. The van der Waals surface area contributed by atoms with E-state index in [1.165, 1.54) is 0 Å². The highest BCUT2D eigenvalue weighted by atomic mass is 16.5. The van der Waals surface area contributed by atoms with Gasteiger partial charge in [-0.2, -0.15) is 0 Å². The molecule has 0 saturated carbocycles. The van der Waals surface area contributed by atoms with E-state index in [0.29, 0.717) is 13.1 Å². The summed E-state index contributed by atoms with van der Waals surface area (Å²) >= 11 is 0. The van der Waals surface area contributed by atoms with Crippen molar-refractivity contribution in [3.63, 3.8) is 0 Å². The van der Waals surface area contributed by atoms with Crippen LogP contribution in [0.5, 0.6) is 0 Å². The summed E-state index contributed by atoms with van der Waals surface area (Å²) in [5, 5.41) is 0. The van der Waals surface area contributed by atoms with E-state index < -0.39 is 0 Å². The number of hydrogen-bond acceptors (Lipinski definition) is 3. The van der Waals surface area contributed by atoms with Crippen LogP contribution in [0.2, 0.25) is 0 Å². The third-order valence-corrected chi connectivity index (χ3v) is 4.53. The molecular formula is C18H28N2O3. The minimum atomic E-state index is -0.218. The summed E-state index contributed by atoms with van der Waals surface area (Å²) in [6, 6.07) is 3.55. The second-order valence-electron chi connectivity index (χ2n) is 6.52. The summed E-state index contributed by atoms with van der Waals surface area (Å²) in [5.41, 5.74) is 0.962. The molecule has 2 heterocycles. The third-order valence-electron chi connectivity index (χ3n) is 4.53. The van der Waals surface area contributed by atoms with Crippen molar-refractivity contribution in [1.29, 1.82) is 0 Å². The number of carbonyl (C=O) groups excluding carboxylic acids is 1. The van der Waals surface area contributed by atoms with Gasteiger partial charge in [-0.1, -0.05) is 13.8 Å². The smallest absolute Gasteiger partial charge is 0.263 e. The molecule has 0 bridgehead atoms. The number of amides is 1. The predicted octanol–water partition coefficient (Wildman–Crippen LogP) is 2.54. The Balaban J connectivity index is 2.20. The lowest BCUT2D eigenvalue weighted by molar-refractivity contribution is -0.00316. The molecule has 1 atom stereocenters. The van der Waals surface area contributed by atoms with E-state index >= 15 is 0 Å². The average molecular weight is 320 g/mol. The Labute approximate surface area is 138 Å². The molecule has 5 nitrogen and oxygen atoms in total. The first-order valence-corrected chi connectivity index (χ1v) is 8.56. The quantitative estimate of drug-likeness (QED) is 0.838. The van der Waals surface area contributed by atoms with E-state index in [0.717, 1.165) is 31.6 Å². The van der Waals surface area contributed by atoms with Crippen LogP contribution in [-0.2, 0) is 11.8 Å². The maximum atomic E-state index is 12.8. The van der Waals surface area contributed by atoms with Gasteiger partial charge in [0.15, 0.2) is 0 Å². The van der Waals surface area contributed by atoms with Crippen LogP contribution in [-0.4, -0.2) is 41.2 Å². The predicted molar refractivity (Wildman–Crippen MR) is 90.9 cm³/mol. The third kappa shape index (κ3) is 4.02. The van der Waals surface area contributed by atoms with E-state index in [9.17, 15) is 9.59 Å². The van der Waals surface area contributed by atoms with E-state index in [1.54, 1.807) is 22.6 Å². The normalized spacial score (nSPS) is 18.2. The molecule has 0 spiro atoms. The molecule has 1 aromatic rings. The first kappa shape index (κ1) is 17.7. The van der Waals surface area contributed by atoms with Crippen molar-refractivity contribution in [2.45, 2.75) is 52.1 Å². The van der Waals surface area contributed by atoms with E-state index in [2.05, 4.69) is 0 Å². The zero-order valence-electron chi connectivity index (χ0n) is 14.7. The van der Waals surface area contributed by atoms with E-state index in [4.69, 9.17) is 4.74 Å². The molecule has 0 N–H and O–H groups in total. The fourth-order valence-electron chi connectivity index (χ4n) is 3.12. The topological polar surface area (TPSA) is 51.5 Å². The molecule has 1 aromatic heterocycles. The summed E-state index contributed by atoms with van der Waals surface area (Å²) in [5.74, 6) is 0.0485. The largest absolute Gasteiger partial charge is 0.376 e. The summed E-state index contributed by atoms with van der Waals surface area (Å²) in [6.45, 7) is 7.91. The van der Waals surface area contributed by atoms with Crippen molar-refractivity contribution in [2.75, 3.05) is 19.7 Å². The Kier molecular flexibility index (Phi) is 5.99. The number of nitrogens with zero attached hydrogens (tertiary/aromatic N) is 2. The minimum absolute atomic E-state index is 0.0893. The van der Waals surface area contributed by atoms with Crippen molar-refractivity contribution in [3.8, 4) is 0 Å². The van der Waals surface area contributed by atoms with Crippen LogP contribution in [0, 0.1) is 0 Å². The molecule has 1 aliphatic rings. The van der Waals surface area contributed by atoms with Crippen LogP contribution in [0.25, 0.3) is 0 Å². The lowest BCUT2D eigenvalue weighted by Gasteiger charge is -2.29. The number of pyridine rings is 1. The fourth-order valence-corrected chi connectivity index (χ4v) is 3.12. The molecule has 1 aliphatic heterocycles. The maximum Gasteiger partial charge on any atom is 0.263 e. The number of aromatic nitrogens is 1. The van der Waals surface area contributed by atoms with Gasteiger partial charge in [0.2, 0.25) is 0 Å². The number of likely N-dealkylation sites (N-methyl/N-ethyl adjacent to an activating group) is 1. The lowest BCUT2D eigenvalue weighted by Crippen LogP contribution is -2.42. The van der Waals surface area contributed by atoms with Crippen molar-refractivity contribution in [1.82, 2.24) is 9.47 Å². The van der Waals surface area contributed by atoms with Gasteiger partial charge < -0.3 is 14.2 Å². The van der Waals surface area contributed by atoms with Crippen molar-refractivity contribution in [3.05, 3.63) is 33.7 Å². The maximum absolute atomic E-state index is 12.8. The van der Waals surface area contributed by atoms with Gasteiger partial charge in [0.1, 0.15) is 5.56 Å². The van der Waals surface area contributed by atoms with E-state index in [-0.39, 0.29) is 29.1 Å². The molecule has 0 radical (unpaired) electrons. The van der Waals surface area contributed by atoms with Crippen LogP contribution in [0.1, 0.15) is 62.0 Å². The van der Waals surface area contributed by atoms with Crippen LogP contribution >= 0.6 is 0 Å². The lowest BCUT2D eigenvalue weighted by atomic mass is 10.1. The highest BCUT2D eigenvalue weighted by Crippen LogP contribution is 2.16. The van der Waals surface area contributed by atoms with Crippen LogP contribution in [0.3, 0.4) is 0 Å². The number of rotatable bonds is 5. The summed E-state index contributed by atoms with van der Waals surface area (Å²) in [4.78, 5) is 27.0. The molecule has 0 aliphatic carbocycles. The van der Waals surface area contributed by atoms with Crippen LogP contribution in [0.4, 0.5) is 0 Å². The number of ether oxygens (including phenoxy) is 1. The first-order chi connectivity index (χ1) is 11.0. The summed E-state index contributed by atoms with van der Waals surface area (Å²) in [7, 11) is 1.73. The van der Waals surface area contributed by atoms with Gasteiger partial charge in [0.05, 0.1) is 6.10 Å². The highest BCUT2D eigenvalue weighted by Gasteiger charge is 2.24. The molecule has 1 fully saturated rings. The zero-order valence-corrected chi connectivity index (χ0v) is 14.7. The van der Waals surface area contributed by atoms with Gasteiger partial charge in [0.25, 0.3) is 11.5 Å². The number of carbonyl (C=O) groups is 1. The van der Waals surface area contributed by atoms with Crippen molar-refractivity contribution >= 4 is 5.91 Å². The zero-order chi connectivity index (χ0) is 17.0. The molecule has 1 saturated heterocycles. The van der Waals surface area contributed by atoms with E-state index in [1.807, 2.05) is 26.8 Å². The van der Waals surface area contributed by atoms with Crippen molar-refractivity contribution < 1.29 is 9.53 Å². The van der Waals surface area contributed by atoms with Crippen LogP contribution < -0.4 is 5.56 Å². The molecule has 5 heteroatoms. The average Bonchev–Trinajstić information content (AvgIpc) is 2.55. The second kappa shape index (κ2) is 7.77. The highest BCUT2D eigenvalue weighted by molar-refractivity contribution is 5.93. The molecular weight excluding hydrogens is 292 g/mol. The molecule has 1 amide bonds. The van der Waals surface area contributed by atoms with Gasteiger partial charge in [-0.15, -0.1) is 0 Å². The summed E-state index contributed by atoms with van der Waals surface area (Å²) < 4.78 is 7.31. The molecule has 23 heavy (non-hydrogen) atoms. The standard InChI is InChI=1S/C18H28N2O3/c1-5-20(12-14-8-6-7-11-23-14)18(22)15-9-10-16(13(2)3)19(4)17(15)21/h9-10,13-14H,5-8,11-12H2,1-4H3. The fraction of sp³-hybridized carbons (Fsp3) is 0.667. The second-order valence-corrected chi connectivity index (χ2v) is 6.52. The van der Waals surface area contributed by atoms with Crippen LogP contribution in [0.15, 0.2) is 16.9 Å². The van der Waals surface area contributed by atoms with Gasteiger partial charge in [-0.05, 0) is 44.2 Å². The monoisotopic (exact) mass is 320 g/mol. The summed E-state index contributed by atoms with van der Waals surface area (Å²) in [6.07, 6.45) is 3.30. The molecule has 2 rings (SSSR count). The Morgan fingerprint density at radius 2 is 2.13 bits per heavy atom. The Morgan fingerprint density at radius 3 is 2.70 bits per heavy atom. The van der Waals surface area contributed by atoms with Gasteiger partial charge >= 0.3 is 0 Å². The van der Waals surface area contributed by atoms with Gasteiger partial charge in [0, 0.05) is 32.4 Å². The Morgan fingerprint density at radius 1 is 1.39 bits per heavy atom. The van der Waals surface area contributed by atoms with Gasteiger partial charge in [-0.3, -0.25) is 9.59 Å². The number of hydrogen-bond donors (Lipinski definition) is 0. The van der Waals surface area contributed by atoms with Gasteiger partial charge in [-0.25, -0.2) is 0 Å². The Bertz CT molecular complexity index is 601. The van der Waals surface area contributed by atoms with Crippen molar-refractivity contribution in [2.24, 2.45) is 7.05 Å². The molecule has 0 aromatic carbocycles. The minimum Gasteiger partial charge on any atom is -0.376 e. The molecule has 128 valence electrons. The Hall–Kier alpha value is -1.62. The first-order valence-electron chi connectivity index (χ1n) is 8.56.